The van der Waals surface area contributed by atoms with Gasteiger partial charge in [-0.25, -0.2) is 8.42 Å². The van der Waals surface area contributed by atoms with Crippen molar-refractivity contribution in [3.63, 3.8) is 0 Å². The number of carbonyl (C=O) groups excluding carboxylic acids is 3. The maximum Gasteiger partial charge on any atom is 0.264 e. The van der Waals surface area contributed by atoms with Gasteiger partial charge in [0, 0.05) is 13.2 Å². The lowest BCUT2D eigenvalue weighted by molar-refractivity contribution is -0.114. The zero-order valence-electron chi connectivity index (χ0n) is 22.2. The number of sulfone groups is 1. The molecule has 1 aliphatic rings. The molecule has 2 atom stereocenters. The summed E-state index contributed by atoms with van der Waals surface area (Å²) in [4.78, 5) is 40.5. The van der Waals surface area contributed by atoms with Gasteiger partial charge in [-0.3, -0.25) is 19.3 Å². The smallest absolute Gasteiger partial charge is 0.264 e. The van der Waals surface area contributed by atoms with Gasteiger partial charge >= 0.3 is 0 Å². The maximum atomic E-state index is 13.9. The van der Waals surface area contributed by atoms with Gasteiger partial charge in [-0.05, 0) is 42.7 Å². The van der Waals surface area contributed by atoms with E-state index in [1.807, 2.05) is 6.92 Å². The molecule has 10 nitrogen and oxygen atoms in total. The number of rotatable bonds is 12. The Morgan fingerprint density at radius 2 is 1.76 bits per heavy atom. The van der Waals surface area contributed by atoms with E-state index in [1.54, 1.807) is 25.1 Å². The van der Waals surface area contributed by atoms with Crippen LogP contribution in [-0.4, -0.2) is 61.9 Å². The number of nitrogens with one attached hydrogen (secondary N) is 1. The Morgan fingerprint density at radius 1 is 1.08 bits per heavy atom. The Bertz CT molecular complexity index is 1340. The second-order valence-corrected chi connectivity index (χ2v) is 11.4. The first-order valence-corrected chi connectivity index (χ1v) is 14.5. The third-order valence-corrected chi connectivity index (χ3v) is 7.17. The van der Waals surface area contributed by atoms with Gasteiger partial charge in [0.25, 0.3) is 11.8 Å². The lowest BCUT2D eigenvalue weighted by atomic mass is 9.94. The van der Waals surface area contributed by atoms with E-state index in [9.17, 15) is 27.9 Å². The average molecular weight is 547 g/mol. The van der Waals surface area contributed by atoms with Crippen LogP contribution in [-0.2, 0) is 14.6 Å². The molecule has 0 saturated heterocycles. The summed E-state index contributed by atoms with van der Waals surface area (Å²) in [6.45, 7) is 5.32. The van der Waals surface area contributed by atoms with Crippen LogP contribution in [0.2, 0.25) is 0 Å². The van der Waals surface area contributed by atoms with Crippen LogP contribution in [0.15, 0.2) is 30.3 Å². The number of benzene rings is 2. The molecule has 2 aromatic carbocycles. The van der Waals surface area contributed by atoms with Crippen molar-refractivity contribution in [2.75, 3.05) is 31.0 Å². The maximum absolute atomic E-state index is 13.9. The van der Waals surface area contributed by atoms with E-state index in [4.69, 9.17) is 9.47 Å². The minimum absolute atomic E-state index is 0.0399. The summed E-state index contributed by atoms with van der Waals surface area (Å²) in [5.74, 6) is -1.76. The second kappa shape index (κ2) is 12.0. The predicted molar refractivity (Wildman–Crippen MR) is 142 cm³/mol. The van der Waals surface area contributed by atoms with Crippen LogP contribution in [0.5, 0.6) is 11.5 Å². The van der Waals surface area contributed by atoms with Crippen LogP contribution >= 0.6 is 0 Å². The second-order valence-electron chi connectivity index (χ2n) is 9.22. The number of hydrogen-bond donors (Lipinski definition) is 2. The SMILES string of the molecule is CCCC[C@H](O)c1ccc(NC(C)=O)c2c1C(=O)N([C@H](CS(C)(=O)=O)c1ccc(OC)c(OCC)c1)C2=O. The van der Waals surface area contributed by atoms with Gasteiger partial charge in [-0.15, -0.1) is 0 Å². The van der Waals surface area contributed by atoms with Crippen LogP contribution in [0.25, 0.3) is 0 Å². The molecule has 0 unspecified atom stereocenters. The van der Waals surface area contributed by atoms with Crippen LogP contribution in [0, 0.1) is 0 Å². The normalized spacial score (nSPS) is 14.7. The minimum Gasteiger partial charge on any atom is -0.493 e. The third kappa shape index (κ3) is 6.16. The van der Waals surface area contributed by atoms with Gasteiger partial charge in [0.1, 0.15) is 9.84 Å². The molecule has 2 N–H and O–H groups in total. The quantitative estimate of drug-likeness (QED) is 0.385. The number of imide groups is 1. The number of hydrogen-bond acceptors (Lipinski definition) is 8. The molecule has 3 amide bonds. The molecule has 2 aromatic rings. The standard InChI is InChI=1S/C27H34N2O8S/c1-6-8-9-21(31)18-11-12-19(28-16(3)30)25-24(18)26(32)29(27(25)33)20(15-38(5,34)35)17-10-13-22(36-4)23(14-17)37-7-2/h10-14,20-21,31H,6-9,15H2,1-5H3,(H,28,30)/t20-,21+/m1/s1. The van der Waals surface area contributed by atoms with Crippen LogP contribution in [0.3, 0.4) is 0 Å². The number of ether oxygens (including phenoxy) is 2. The van der Waals surface area contributed by atoms with Gasteiger partial charge in [-0.2, -0.15) is 0 Å². The molecule has 206 valence electrons. The van der Waals surface area contributed by atoms with Gasteiger partial charge in [0.15, 0.2) is 11.5 Å². The van der Waals surface area contributed by atoms with Gasteiger partial charge in [0.05, 0.1) is 48.4 Å². The van der Waals surface area contributed by atoms with Gasteiger partial charge in [0.2, 0.25) is 5.91 Å². The first kappa shape index (κ1) is 29.1. The highest BCUT2D eigenvalue weighted by atomic mass is 32.2. The molecule has 1 aliphatic heterocycles. The number of unbranched alkanes of at least 4 members (excludes halogenated alkanes) is 1. The number of carbonyl (C=O) groups is 3. The molecule has 0 saturated carbocycles. The van der Waals surface area contributed by atoms with Crippen molar-refractivity contribution in [2.24, 2.45) is 0 Å². The molecule has 0 radical (unpaired) electrons. The summed E-state index contributed by atoms with van der Waals surface area (Å²) in [5.41, 5.74) is 0.606. The number of fused-ring (bicyclic) bond motifs is 1. The molecular formula is C27H34N2O8S. The Balaban J connectivity index is 2.21. The number of anilines is 1. The summed E-state index contributed by atoms with van der Waals surface area (Å²) in [6, 6.07) is 6.50. The fraction of sp³-hybridized carbons (Fsp3) is 0.444. The van der Waals surface area contributed by atoms with Crippen molar-refractivity contribution in [1.29, 1.82) is 0 Å². The van der Waals surface area contributed by atoms with Crippen molar-refractivity contribution in [3.8, 4) is 11.5 Å². The fourth-order valence-electron chi connectivity index (χ4n) is 4.59. The Morgan fingerprint density at radius 3 is 2.34 bits per heavy atom. The van der Waals surface area contributed by atoms with Crippen molar-refractivity contribution in [1.82, 2.24) is 4.90 Å². The third-order valence-electron chi connectivity index (χ3n) is 6.25. The Labute approximate surface area is 222 Å². The van der Waals surface area contributed by atoms with E-state index < -0.39 is 45.5 Å². The zero-order valence-corrected chi connectivity index (χ0v) is 23.1. The summed E-state index contributed by atoms with van der Waals surface area (Å²) in [7, 11) is -2.23. The van der Waals surface area contributed by atoms with Crippen LogP contribution in [0.4, 0.5) is 5.69 Å². The van der Waals surface area contributed by atoms with E-state index in [0.717, 1.165) is 17.6 Å². The fourth-order valence-corrected chi connectivity index (χ4v) is 5.50. The minimum atomic E-state index is -3.69. The lowest BCUT2D eigenvalue weighted by Gasteiger charge is -2.27. The molecule has 11 heteroatoms. The van der Waals surface area contributed by atoms with Gasteiger partial charge < -0.3 is 19.9 Å². The molecule has 0 fully saturated rings. The molecule has 1 heterocycles. The van der Waals surface area contributed by atoms with Crippen molar-refractivity contribution >= 4 is 33.2 Å². The first-order chi connectivity index (χ1) is 17.9. The zero-order chi connectivity index (χ0) is 28.2. The number of amides is 3. The van der Waals surface area contributed by atoms with E-state index in [1.165, 1.54) is 26.2 Å². The van der Waals surface area contributed by atoms with Crippen molar-refractivity contribution in [3.05, 3.63) is 52.6 Å². The van der Waals surface area contributed by atoms with Crippen molar-refractivity contribution in [2.45, 2.75) is 52.2 Å². The summed E-state index contributed by atoms with van der Waals surface area (Å²) >= 11 is 0. The number of aliphatic hydroxyl groups is 1. The highest BCUT2D eigenvalue weighted by Crippen LogP contribution is 2.41. The number of aliphatic hydroxyl groups excluding tert-OH is 1. The summed E-state index contributed by atoms with van der Waals surface area (Å²) in [6.07, 6.45) is 1.88. The van der Waals surface area contributed by atoms with E-state index >= 15 is 0 Å². The lowest BCUT2D eigenvalue weighted by Crippen LogP contribution is -2.38. The number of methoxy groups -OCH3 is 1. The number of nitrogens with zero attached hydrogens (tertiary/aromatic N) is 1. The Hall–Kier alpha value is -3.44. The van der Waals surface area contributed by atoms with E-state index in [0.29, 0.717) is 36.5 Å². The van der Waals surface area contributed by atoms with Crippen molar-refractivity contribution < 1.29 is 37.4 Å². The van der Waals surface area contributed by atoms with E-state index in [-0.39, 0.29) is 22.4 Å². The topological polar surface area (TPSA) is 139 Å². The highest BCUT2D eigenvalue weighted by Gasteiger charge is 2.45. The first-order valence-electron chi connectivity index (χ1n) is 12.4. The monoisotopic (exact) mass is 546 g/mol. The van der Waals surface area contributed by atoms with Crippen LogP contribution in [0.1, 0.15) is 84.0 Å². The highest BCUT2D eigenvalue weighted by molar-refractivity contribution is 7.90. The molecule has 0 bridgehead atoms. The molecule has 38 heavy (non-hydrogen) atoms. The molecule has 3 rings (SSSR count). The molecule has 0 aliphatic carbocycles. The molecular weight excluding hydrogens is 512 g/mol. The summed E-state index contributed by atoms with van der Waals surface area (Å²) in [5, 5.41) is 13.5. The van der Waals surface area contributed by atoms with Gasteiger partial charge in [-0.1, -0.05) is 31.9 Å². The summed E-state index contributed by atoms with van der Waals surface area (Å²) < 4.78 is 35.9. The Kier molecular flexibility index (Phi) is 9.16. The predicted octanol–water partition coefficient (Wildman–Crippen LogP) is 3.66. The van der Waals surface area contributed by atoms with Crippen LogP contribution < -0.4 is 14.8 Å². The average Bonchev–Trinajstić information content (AvgIpc) is 3.11. The molecule has 0 aromatic heterocycles. The largest absolute Gasteiger partial charge is 0.493 e. The van der Waals surface area contributed by atoms with E-state index in [2.05, 4.69) is 5.32 Å². The molecule has 0 spiro atoms.